The fraction of sp³-hybridized carbons (Fsp3) is 0.348. The highest BCUT2D eigenvalue weighted by Gasteiger charge is 2.24. The first-order chi connectivity index (χ1) is 15.6. The SMILES string of the molecule is Oc1ncccc1-c1nc(-c2ccc(N3CCOCC3)c(F)c2)cc(N2CC[C@H](O)C2)n1. The number of morpholine rings is 1. The zero-order valence-electron chi connectivity index (χ0n) is 17.5. The summed E-state index contributed by atoms with van der Waals surface area (Å²) in [6.45, 7) is 3.57. The van der Waals surface area contributed by atoms with Crippen LogP contribution in [0.3, 0.4) is 0 Å². The molecule has 9 heteroatoms. The van der Waals surface area contributed by atoms with E-state index in [0.29, 0.717) is 80.0 Å². The monoisotopic (exact) mass is 437 g/mol. The summed E-state index contributed by atoms with van der Waals surface area (Å²) in [5.41, 5.74) is 2.06. The molecule has 2 aromatic heterocycles. The first-order valence-electron chi connectivity index (χ1n) is 10.7. The molecule has 1 aromatic carbocycles. The van der Waals surface area contributed by atoms with Crippen molar-refractivity contribution >= 4 is 11.5 Å². The number of pyridine rings is 1. The van der Waals surface area contributed by atoms with E-state index in [-0.39, 0.29) is 11.7 Å². The Labute approximate surface area is 184 Å². The van der Waals surface area contributed by atoms with Crippen molar-refractivity contribution < 1.29 is 19.3 Å². The van der Waals surface area contributed by atoms with Gasteiger partial charge in [-0.2, -0.15) is 0 Å². The first-order valence-corrected chi connectivity index (χ1v) is 10.7. The van der Waals surface area contributed by atoms with Gasteiger partial charge in [0, 0.05) is 44.0 Å². The van der Waals surface area contributed by atoms with Crippen LogP contribution in [-0.4, -0.2) is 70.7 Å². The van der Waals surface area contributed by atoms with Crippen molar-refractivity contribution in [2.45, 2.75) is 12.5 Å². The van der Waals surface area contributed by atoms with Crippen molar-refractivity contribution in [1.29, 1.82) is 0 Å². The molecule has 0 unspecified atom stereocenters. The average Bonchev–Trinajstić information content (AvgIpc) is 3.26. The molecule has 0 radical (unpaired) electrons. The maximum Gasteiger partial charge on any atom is 0.222 e. The molecule has 8 nitrogen and oxygen atoms in total. The van der Waals surface area contributed by atoms with Gasteiger partial charge in [-0.05, 0) is 30.7 Å². The normalized spacial score (nSPS) is 18.9. The number of nitrogens with zero attached hydrogens (tertiary/aromatic N) is 5. The lowest BCUT2D eigenvalue weighted by Crippen LogP contribution is -2.36. The van der Waals surface area contributed by atoms with Crippen LogP contribution < -0.4 is 9.80 Å². The van der Waals surface area contributed by atoms with Crippen molar-refractivity contribution in [2.24, 2.45) is 0 Å². The molecule has 5 rings (SSSR count). The van der Waals surface area contributed by atoms with Gasteiger partial charge in [-0.1, -0.05) is 6.07 Å². The van der Waals surface area contributed by atoms with Crippen LogP contribution in [-0.2, 0) is 4.74 Å². The number of aliphatic hydroxyl groups excluding tert-OH is 1. The minimum absolute atomic E-state index is 0.175. The molecular weight excluding hydrogens is 413 g/mol. The Morgan fingerprint density at radius 1 is 1.03 bits per heavy atom. The number of β-amino-alcohol motifs (C(OH)–C–C–N with tert-alkyl or cyclic N) is 1. The van der Waals surface area contributed by atoms with E-state index in [9.17, 15) is 10.2 Å². The van der Waals surface area contributed by atoms with Crippen molar-refractivity contribution in [3.63, 3.8) is 0 Å². The molecule has 2 aliphatic heterocycles. The average molecular weight is 437 g/mol. The van der Waals surface area contributed by atoms with E-state index < -0.39 is 6.10 Å². The minimum atomic E-state index is -0.422. The molecule has 2 N–H and O–H groups in total. The Balaban J connectivity index is 1.56. The van der Waals surface area contributed by atoms with Crippen LogP contribution in [0.5, 0.6) is 5.88 Å². The molecule has 0 aliphatic carbocycles. The van der Waals surface area contributed by atoms with Gasteiger partial charge in [-0.25, -0.2) is 19.3 Å². The van der Waals surface area contributed by atoms with Gasteiger partial charge in [0.15, 0.2) is 5.82 Å². The number of aliphatic hydroxyl groups is 1. The summed E-state index contributed by atoms with van der Waals surface area (Å²) in [7, 11) is 0. The Bertz CT molecular complexity index is 1120. The van der Waals surface area contributed by atoms with Crippen LogP contribution in [0.15, 0.2) is 42.6 Å². The largest absolute Gasteiger partial charge is 0.493 e. The number of halogens is 1. The number of anilines is 2. The summed E-state index contributed by atoms with van der Waals surface area (Å²) < 4.78 is 20.4. The standard InChI is InChI=1S/C23H24FN5O3/c24-18-12-15(3-4-20(18)28-8-10-32-11-9-28)19-13-21(29-7-5-16(30)14-29)27-22(26-19)17-2-1-6-25-23(17)31/h1-4,6,12-13,16,30H,5,7-11,14H2,(H,25,31)/t16-/m0/s1. The second kappa shape index (κ2) is 8.68. The molecule has 3 aromatic rings. The van der Waals surface area contributed by atoms with Gasteiger partial charge in [-0.3, -0.25) is 0 Å². The van der Waals surface area contributed by atoms with Gasteiger partial charge in [0.2, 0.25) is 5.88 Å². The van der Waals surface area contributed by atoms with Crippen molar-refractivity contribution in [3.8, 4) is 28.5 Å². The third-order valence-electron chi connectivity index (χ3n) is 5.82. The van der Waals surface area contributed by atoms with Crippen LogP contribution in [0.1, 0.15) is 6.42 Å². The second-order valence-corrected chi connectivity index (χ2v) is 7.96. The molecule has 2 aliphatic rings. The maximum absolute atomic E-state index is 15.0. The summed E-state index contributed by atoms with van der Waals surface area (Å²) >= 11 is 0. The molecule has 2 fully saturated rings. The second-order valence-electron chi connectivity index (χ2n) is 7.96. The minimum Gasteiger partial charge on any atom is -0.493 e. The van der Waals surface area contributed by atoms with Crippen molar-refractivity contribution in [1.82, 2.24) is 15.0 Å². The molecule has 32 heavy (non-hydrogen) atoms. The summed E-state index contributed by atoms with van der Waals surface area (Å²) in [4.78, 5) is 17.1. The lowest BCUT2D eigenvalue weighted by Gasteiger charge is -2.29. The Morgan fingerprint density at radius 2 is 1.88 bits per heavy atom. The smallest absolute Gasteiger partial charge is 0.222 e. The van der Waals surface area contributed by atoms with Crippen LogP contribution in [0.2, 0.25) is 0 Å². The van der Waals surface area contributed by atoms with E-state index in [4.69, 9.17) is 4.74 Å². The molecule has 1 atom stereocenters. The van der Waals surface area contributed by atoms with Crippen LogP contribution in [0, 0.1) is 5.82 Å². The number of aromatic hydroxyl groups is 1. The van der Waals surface area contributed by atoms with Gasteiger partial charge in [0.1, 0.15) is 11.6 Å². The summed E-state index contributed by atoms with van der Waals surface area (Å²) in [6.07, 6.45) is 1.71. The molecule has 0 bridgehead atoms. The molecule has 0 amide bonds. The van der Waals surface area contributed by atoms with E-state index in [2.05, 4.69) is 15.0 Å². The van der Waals surface area contributed by atoms with Gasteiger partial charge in [-0.15, -0.1) is 0 Å². The van der Waals surface area contributed by atoms with Crippen molar-refractivity contribution in [2.75, 3.05) is 49.2 Å². The van der Waals surface area contributed by atoms with Gasteiger partial charge in [0.05, 0.1) is 36.3 Å². The summed E-state index contributed by atoms with van der Waals surface area (Å²) in [6, 6.07) is 10.2. The highest BCUT2D eigenvalue weighted by Crippen LogP contribution is 2.32. The molecule has 0 spiro atoms. The van der Waals surface area contributed by atoms with E-state index in [0.717, 1.165) is 0 Å². The van der Waals surface area contributed by atoms with Crippen LogP contribution >= 0.6 is 0 Å². The molecule has 0 saturated carbocycles. The predicted molar refractivity (Wildman–Crippen MR) is 118 cm³/mol. The first kappa shape index (κ1) is 20.6. The maximum atomic E-state index is 15.0. The number of hydrogen-bond donors (Lipinski definition) is 2. The van der Waals surface area contributed by atoms with Gasteiger partial charge in [0.25, 0.3) is 0 Å². The fourth-order valence-corrected chi connectivity index (χ4v) is 4.11. The number of benzene rings is 1. The number of hydrogen-bond acceptors (Lipinski definition) is 8. The highest BCUT2D eigenvalue weighted by atomic mass is 19.1. The fourth-order valence-electron chi connectivity index (χ4n) is 4.11. The van der Waals surface area contributed by atoms with Crippen molar-refractivity contribution in [3.05, 3.63) is 48.4 Å². The number of ether oxygens (including phenoxy) is 1. The van der Waals surface area contributed by atoms with Gasteiger partial charge < -0.3 is 24.7 Å². The van der Waals surface area contributed by atoms with Crippen LogP contribution in [0.25, 0.3) is 22.6 Å². The van der Waals surface area contributed by atoms with E-state index in [1.807, 2.05) is 15.9 Å². The third-order valence-corrected chi connectivity index (χ3v) is 5.82. The number of rotatable bonds is 4. The third kappa shape index (κ3) is 4.09. The molecular formula is C23H24FN5O3. The highest BCUT2D eigenvalue weighted by molar-refractivity contribution is 5.71. The number of aromatic nitrogens is 3. The van der Waals surface area contributed by atoms with Gasteiger partial charge >= 0.3 is 0 Å². The molecule has 166 valence electrons. The zero-order chi connectivity index (χ0) is 22.1. The summed E-state index contributed by atoms with van der Waals surface area (Å²) in [5.74, 6) is 0.405. The van der Waals surface area contributed by atoms with E-state index >= 15 is 4.39 Å². The Morgan fingerprint density at radius 3 is 2.59 bits per heavy atom. The van der Waals surface area contributed by atoms with Crippen LogP contribution in [0.4, 0.5) is 15.9 Å². The molecule has 4 heterocycles. The zero-order valence-corrected chi connectivity index (χ0v) is 17.5. The molecule has 2 saturated heterocycles. The Kier molecular flexibility index (Phi) is 5.59. The topological polar surface area (TPSA) is 94.8 Å². The van der Waals surface area contributed by atoms with E-state index in [1.54, 1.807) is 24.3 Å². The lowest BCUT2D eigenvalue weighted by molar-refractivity contribution is 0.122. The summed E-state index contributed by atoms with van der Waals surface area (Å²) in [5, 5.41) is 20.2. The quantitative estimate of drug-likeness (QED) is 0.643. The van der Waals surface area contributed by atoms with E-state index in [1.165, 1.54) is 12.3 Å². The Hall–Kier alpha value is -3.30. The lowest BCUT2D eigenvalue weighted by atomic mass is 10.1. The predicted octanol–water partition coefficient (Wildman–Crippen LogP) is 2.46.